The minimum Gasteiger partial charge on any atom is -0.309 e. The third-order valence-electron chi connectivity index (χ3n) is 14.6. The van der Waals surface area contributed by atoms with Gasteiger partial charge in [-0.1, -0.05) is 218 Å². The summed E-state index contributed by atoms with van der Waals surface area (Å²) in [5, 5.41) is 4.95. The molecular formula is C65H42N2. The minimum absolute atomic E-state index is 0.555. The van der Waals surface area contributed by atoms with E-state index in [0.29, 0.717) is 0 Å². The Hall–Kier alpha value is -8.72. The molecule has 0 N–H and O–H groups in total. The van der Waals surface area contributed by atoms with E-state index in [1.165, 1.54) is 93.9 Å². The van der Waals surface area contributed by atoms with E-state index in [1.54, 1.807) is 0 Å². The molecule has 12 aromatic rings. The molecule has 0 radical (unpaired) electrons. The molecule has 14 rings (SSSR count). The Morgan fingerprint density at radius 2 is 0.851 bits per heavy atom. The summed E-state index contributed by atoms with van der Waals surface area (Å²) in [6.07, 6.45) is 0. The largest absolute Gasteiger partial charge is 0.309 e. The van der Waals surface area contributed by atoms with Crippen molar-refractivity contribution in [2.24, 2.45) is 0 Å². The Kier molecular flexibility index (Phi) is 8.23. The summed E-state index contributed by atoms with van der Waals surface area (Å²) >= 11 is 0. The van der Waals surface area contributed by atoms with Crippen molar-refractivity contribution in [3.05, 3.63) is 277 Å². The molecule has 1 spiro atoms. The first-order valence-electron chi connectivity index (χ1n) is 23.3. The van der Waals surface area contributed by atoms with Gasteiger partial charge in [0, 0.05) is 27.3 Å². The fraction of sp³-hybridized carbons (Fsp3) is 0.0154. The molecule has 1 unspecified atom stereocenters. The van der Waals surface area contributed by atoms with Gasteiger partial charge >= 0.3 is 0 Å². The Bertz CT molecular complexity index is 3950. The van der Waals surface area contributed by atoms with Gasteiger partial charge in [-0.2, -0.15) is 0 Å². The molecular weight excluding hydrogens is 809 g/mol. The molecule has 2 nitrogen and oxygen atoms in total. The van der Waals surface area contributed by atoms with Crippen LogP contribution in [0, 0.1) is 0 Å². The molecule has 67 heavy (non-hydrogen) atoms. The third kappa shape index (κ3) is 5.33. The monoisotopic (exact) mass is 850 g/mol. The average Bonchev–Trinajstić information content (AvgIpc) is 3.90. The Morgan fingerprint density at radius 3 is 1.70 bits per heavy atom. The van der Waals surface area contributed by atoms with Crippen molar-refractivity contribution in [1.82, 2.24) is 4.57 Å². The molecule has 1 aliphatic carbocycles. The second-order valence-electron chi connectivity index (χ2n) is 17.9. The second kappa shape index (κ2) is 14.7. The second-order valence-corrected chi connectivity index (χ2v) is 17.9. The molecule has 2 heterocycles. The number of hydrogen-bond acceptors (Lipinski definition) is 1. The van der Waals surface area contributed by atoms with Crippen molar-refractivity contribution in [3.63, 3.8) is 0 Å². The zero-order chi connectivity index (χ0) is 44.1. The van der Waals surface area contributed by atoms with Crippen molar-refractivity contribution >= 4 is 49.6 Å². The highest BCUT2D eigenvalue weighted by Gasteiger charge is 2.51. The quantitative estimate of drug-likeness (QED) is 0.162. The van der Waals surface area contributed by atoms with E-state index in [9.17, 15) is 0 Å². The first-order valence-corrected chi connectivity index (χ1v) is 23.3. The van der Waals surface area contributed by atoms with Crippen molar-refractivity contribution in [1.29, 1.82) is 0 Å². The first kappa shape index (κ1) is 37.6. The maximum atomic E-state index is 2.53. The maximum absolute atomic E-state index is 2.53. The predicted molar refractivity (Wildman–Crippen MR) is 280 cm³/mol. The number of benzene rings is 11. The highest BCUT2D eigenvalue weighted by atomic mass is 15.1. The van der Waals surface area contributed by atoms with Gasteiger partial charge in [-0.25, -0.2) is 0 Å². The molecule has 11 aromatic carbocycles. The Morgan fingerprint density at radius 1 is 0.299 bits per heavy atom. The van der Waals surface area contributed by atoms with Crippen LogP contribution in [0.25, 0.3) is 82.8 Å². The number of anilines is 3. The van der Waals surface area contributed by atoms with E-state index in [1.807, 2.05) is 0 Å². The van der Waals surface area contributed by atoms with Crippen LogP contribution in [-0.4, -0.2) is 4.57 Å². The molecule has 0 saturated heterocycles. The molecule has 312 valence electrons. The van der Waals surface area contributed by atoms with E-state index in [0.717, 1.165) is 28.2 Å². The van der Waals surface area contributed by atoms with Crippen molar-refractivity contribution < 1.29 is 0 Å². The van der Waals surface area contributed by atoms with E-state index in [4.69, 9.17) is 0 Å². The molecule has 0 bridgehead atoms. The van der Waals surface area contributed by atoms with Crippen molar-refractivity contribution in [2.45, 2.75) is 5.41 Å². The fourth-order valence-electron chi connectivity index (χ4n) is 11.9. The summed E-state index contributed by atoms with van der Waals surface area (Å²) in [5.74, 6) is 0. The van der Waals surface area contributed by atoms with E-state index in [-0.39, 0.29) is 0 Å². The summed E-state index contributed by atoms with van der Waals surface area (Å²) < 4.78 is 2.52. The molecule has 1 atom stereocenters. The van der Waals surface area contributed by atoms with Gasteiger partial charge < -0.3 is 9.47 Å². The number of aromatic nitrogens is 1. The van der Waals surface area contributed by atoms with Crippen LogP contribution in [-0.2, 0) is 5.41 Å². The lowest BCUT2D eigenvalue weighted by Crippen LogP contribution is -2.33. The van der Waals surface area contributed by atoms with Gasteiger partial charge in [0.1, 0.15) is 0 Å². The zero-order valence-corrected chi connectivity index (χ0v) is 36.6. The summed E-state index contributed by atoms with van der Waals surface area (Å²) in [6.45, 7) is 0. The van der Waals surface area contributed by atoms with Gasteiger partial charge in [-0.05, 0) is 97.4 Å². The average molecular weight is 851 g/mol. The summed E-state index contributed by atoms with van der Waals surface area (Å²) in [4.78, 5) is 2.52. The SMILES string of the molecule is c1ccc(-c2ccccc2-c2ccccc2N(c2ccccc2-c2ccc3c(c2)C2(c4ccccc4-3)c3ccccc3-n3c4ccccc4c4cccc2c43)c2cccc3ccccc23)cc1. The van der Waals surface area contributed by atoms with E-state index < -0.39 is 5.41 Å². The van der Waals surface area contributed by atoms with Crippen LogP contribution in [0.2, 0.25) is 0 Å². The summed E-state index contributed by atoms with van der Waals surface area (Å²) in [6, 6.07) is 94.5. The molecule has 0 saturated carbocycles. The maximum Gasteiger partial charge on any atom is 0.0754 e. The van der Waals surface area contributed by atoms with Crippen molar-refractivity contribution in [3.8, 4) is 50.2 Å². The van der Waals surface area contributed by atoms with Crippen molar-refractivity contribution in [2.75, 3.05) is 4.90 Å². The summed E-state index contributed by atoms with van der Waals surface area (Å²) in [7, 11) is 0. The lowest BCUT2D eigenvalue weighted by atomic mass is 9.65. The number of fused-ring (bicyclic) bond motifs is 13. The highest BCUT2D eigenvalue weighted by molar-refractivity contribution is 6.13. The number of rotatable bonds is 6. The Labute approximate surface area is 389 Å². The van der Waals surface area contributed by atoms with Crippen LogP contribution in [0.5, 0.6) is 0 Å². The van der Waals surface area contributed by atoms with E-state index >= 15 is 0 Å². The van der Waals surface area contributed by atoms with Gasteiger partial charge in [0.15, 0.2) is 0 Å². The van der Waals surface area contributed by atoms with Crippen LogP contribution in [0.3, 0.4) is 0 Å². The smallest absolute Gasteiger partial charge is 0.0754 e. The first-order chi connectivity index (χ1) is 33.3. The van der Waals surface area contributed by atoms with Gasteiger partial charge in [0.05, 0.1) is 39.2 Å². The molecule has 2 heteroatoms. The lowest BCUT2D eigenvalue weighted by Gasteiger charge is -2.39. The molecule has 1 aliphatic heterocycles. The third-order valence-corrected chi connectivity index (χ3v) is 14.6. The fourth-order valence-corrected chi connectivity index (χ4v) is 11.9. The molecule has 0 fully saturated rings. The van der Waals surface area contributed by atoms with Crippen LogP contribution in [0.4, 0.5) is 17.1 Å². The number of nitrogens with zero attached hydrogens (tertiary/aromatic N) is 2. The Balaban J connectivity index is 1.04. The normalized spacial score (nSPS) is 14.3. The van der Waals surface area contributed by atoms with Gasteiger partial charge in [0.2, 0.25) is 0 Å². The van der Waals surface area contributed by atoms with Gasteiger partial charge in [-0.3, -0.25) is 0 Å². The topological polar surface area (TPSA) is 8.17 Å². The van der Waals surface area contributed by atoms with Crippen LogP contribution in [0.1, 0.15) is 22.3 Å². The minimum atomic E-state index is -0.555. The number of para-hydroxylation sites is 5. The highest BCUT2D eigenvalue weighted by Crippen LogP contribution is 2.62. The van der Waals surface area contributed by atoms with Gasteiger partial charge in [-0.15, -0.1) is 0 Å². The predicted octanol–water partition coefficient (Wildman–Crippen LogP) is 17.1. The lowest BCUT2D eigenvalue weighted by molar-refractivity contribution is 0.749. The summed E-state index contributed by atoms with van der Waals surface area (Å²) in [5.41, 5.74) is 21.4. The zero-order valence-electron chi connectivity index (χ0n) is 36.6. The standard InChI is InChI=1S/C65H42N2/c1-2-20-43(21-3-1)46-24-6-7-27-49(46)52-29-10-15-36-61(52)66(60-39-18-23-44-22-4-5-25-47(44)60)59-35-14-9-26-48(59)45-40-41-51-50-28-8-12-32-55(50)65(58(51)42-45)56-33-13-17-38-63(56)67-62-37-16-11-30-53(62)54-31-19-34-57(65)64(54)67/h1-42H. The molecule has 0 amide bonds. The van der Waals surface area contributed by atoms with Crippen LogP contribution in [0.15, 0.2) is 255 Å². The van der Waals surface area contributed by atoms with Gasteiger partial charge in [0.25, 0.3) is 0 Å². The molecule has 1 aromatic heterocycles. The van der Waals surface area contributed by atoms with E-state index in [2.05, 4.69) is 264 Å². The van der Waals surface area contributed by atoms with Crippen LogP contribution >= 0.6 is 0 Å². The van der Waals surface area contributed by atoms with Crippen LogP contribution < -0.4 is 4.90 Å². The molecule has 2 aliphatic rings. The number of hydrogen-bond donors (Lipinski definition) is 0.